The number of anilines is 1. The fraction of sp³-hybridized carbons (Fsp3) is 0.462. The van der Waals surface area contributed by atoms with Crippen molar-refractivity contribution in [3.8, 4) is 5.75 Å². The number of hydrogen-bond acceptors (Lipinski definition) is 6. The number of aryl methyl sites for hydroxylation is 1. The van der Waals surface area contributed by atoms with Crippen LogP contribution in [-0.4, -0.2) is 59.8 Å². The molecule has 0 saturated heterocycles. The largest absolute Gasteiger partial charge is 0.491 e. The zero-order valence-electron chi connectivity index (χ0n) is 21.3. The molecule has 0 amide bonds. The second kappa shape index (κ2) is 11.2. The summed E-state index contributed by atoms with van der Waals surface area (Å²) in [7, 11) is 3.78. The van der Waals surface area contributed by atoms with Gasteiger partial charge < -0.3 is 19.6 Å². The topological polar surface area (TPSA) is 107 Å². The number of pyridine rings is 1. The number of aliphatic carboxylic acids is 1. The number of ether oxygens (including phenoxy) is 1. The van der Waals surface area contributed by atoms with Crippen molar-refractivity contribution in [2.75, 3.05) is 32.1 Å². The van der Waals surface area contributed by atoms with E-state index >= 15 is 0 Å². The summed E-state index contributed by atoms with van der Waals surface area (Å²) in [6.07, 6.45) is 0.439. The van der Waals surface area contributed by atoms with E-state index in [1.807, 2.05) is 50.2 Å². The lowest BCUT2D eigenvalue weighted by Crippen LogP contribution is -2.31. The van der Waals surface area contributed by atoms with E-state index in [2.05, 4.69) is 25.8 Å². The highest BCUT2D eigenvalue weighted by Gasteiger charge is 2.29. The van der Waals surface area contributed by atoms with Crippen LogP contribution < -0.4 is 9.64 Å². The number of fused-ring (bicyclic) bond motifs is 1. The van der Waals surface area contributed by atoms with Gasteiger partial charge in [-0.15, -0.1) is 17.0 Å². The lowest BCUT2D eigenvalue weighted by molar-refractivity contribution is -0.137. The van der Waals surface area contributed by atoms with Crippen LogP contribution in [0.1, 0.15) is 66.5 Å². The molecule has 0 saturated carbocycles. The fourth-order valence-corrected chi connectivity index (χ4v) is 3.97. The molecule has 0 aliphatic carbocycles. The van der Waals surface area contributed by atoms with Gasteiger partial charge in [0, 0.05) is 49.4 Å². The van der Waals surface area contributed by atoms with Crippen LogP contribution in [0.3, 0.4) is 0 Å². The van der Waals surface area contributed by atoms with Gasteiger partial charge in [0.05, 0.1) is 18.8 Å². The van der Waals surface area contributed by atoms with Crippen molar-refractivity contribution in [2.45, 2.75) is 52.5 Å². The van der Waals surface area contributed by atoms with Crippen LogP contribution in [0.2, 0.25) is 0 Å². The molecule has 2 aromatic rings. The maximum Gasteiger partial charge on any atom is 0.303 e. The Morgan fingerprint density at radius 1 is 1.23 bits per heavy atom. The van der Waals surface area contributed by atoms with Crippen LogP contribution in [0.25, 0.3) is 0 Å². The van der Waals surface area contributed by atoms with E-state index in [0.717, 1.165) is 22.5 Å². The zero-order valence-corrected chi connectivity index (χ0v) is 23.0. The number of carboxylic acids is 1. The Morgan fingerprint density at radius 2 is 1.91 bits per heavy atom. The van der Waals surface area contributed by atoms with Crippen LogP contribution >= 0.6 is 17.0 Å². The van der Waals surface area contributed by atoms with Gasteiger partial charge in [-0.1, -0.05) is 26.8 Å². The number of rotatable bonds is 9. The van der Waals surface area contributed by atoms with E-state index in [0.29, 0.717) is 30.0 Å². The van der Waals surface area contributed by atoms with Crippen LogP contribution in [0.15, 0.2) is 24.3 Å². The molecule has 0 spiro atoms. The van der Waals surface area contributed by atoms with Crippen molar-refractivity contribution in [1.29, 1.82) is 5.41 Å². The first-order valence-corrected chi connectivity index (χ1v) is 11.4. The number of nitrogens with one attached hydrogen (secondary N) is 1. The molecule has 1 aliphatic heterocycles. The van der Waals surface area contributed by atoms with Crippen molar-refractivity contribution < 1.29 is 19.4 Å². The maximum absolute atomic E-state index is 13.4. The molecule has 0 radical (unpaired) electrons. The van der Waals surface area contributed by atoms with Crippen molar-refractivity contribution in [3.05, 3.63) is 52.3 Å². The van der Waals surface area contributed by atoms with Crippen molar-refractivity contribution in [2.24, 2.45) is 0 Å². The minimum absolute atomic E-state index is 0. The van der Waals surface area contributed by atoms with Gasteiger partial charge in [0.25, 0.3) is 0 Å². The molecule has 8 nitrogen and oxygen atoms in total. The summed E-state index contributed by atoms with van der Waals surface area (Å²) in [6.45, 7) is 8.92. The van der Waals surface area contributed by atoms with E-state index in [1.165, 1.54) is 0 Å². The first-order valence-electron chi connectivity index (χ1n) is 11.4. The average molecular weight is 547 g/mol. The van der Waals surface area contributed by atoms with E-state index in [9.17, 15) is 9.59 Å². The second-order valence-electron chi connectivity index (χ2n) is 9.95. The third-order valence-corrected chi connectivity index (χ3v) is 5.82. The highest BCUT2D eigenvalue weighted by Crippen LogP contribution is 2.40. The van der Waals surface area contributed by atoms with Gasteiger partial charge in [-0.2, -0.15) is 0 Å². The summed E-state index contributed by atoms with van der Waals surface area (Å²) in [5.41, 5.74) is 4.35. The van der Waals surface area contributed by atoms with Crippen LogP contribution in [-0.2, 0) is 16.8 Å². The second-order valence-corrected chi connectivity index (χ2v) is 9.95. The number of carboxylic acid groups (broad SMARTS) is 1. The van der Waals surface area contributed by atoms with Gasteiger partial charge in [0.1, 0.15) is 17.3 Å². The molecule has 0 unspecified atom stereocenters. The summed E-state index contributed by atoms with van der Waals surface area (Å²) in [4.78, 5) is 32.4. The SMILES string of the molecule is Br.Cc1ccc2c(n1)C(=N)N(CC(=O)c1cc(N(C)C)c(OCCCC(=O)O)c(C(C)(C)C)c1)C2. The zero-order chi connectivity index (χ0) is 25.2. The number of amidine groups is 1. The van der Waals surface area contributed by atoms with E-state index in [-0.39, 0.29) is 53.6 Å². The lowest BCUT2D eigenvalue weighted by Gasteiger charge is -2.28. The number of ketones is 1. The first kappa shape index (κ1) is 28.3. The highest BCUT2D eigenvalue weighted by atomic mass is 79.9. The molecule has 190 valence electrons. The molecular weight excluding hydrogens is 512 g/mol. The minimum atomic E-state index is -0.853. The van der Waals surface area contributed by atoms with Crippen molar-refractivity contribution >= 4 is 40.3 Å². The summed E-state index contributed by atoms with van der Waals surface area (Å²) in [5.74, 6) is 0.00321. The number of carbonyl (C=O) groups is 2. The van der Waals surface area contributed by atoms with E-state index in [4.69, 9.17) is 15.3 Å². The van der Waals surface area contributed by atoms with Gasteiger partial charge in [0.15, 0.2) is 5.78 Å². The molecule has 9 heteroatoms. The highest BCUT2D eigenvalue weighted by molar-refractivity contribution is 8.93. The van der Waals surface area contributed by atoms with E-state index in [1.54, 1.807) is 4.90 Å². The molecule has 0 atom stereocenters. The smallest absolute Gasteiger partial charge is 0.303 e. The molecule has 0 fully saturated rings. The molecule has 1 aromatic heterocycles. The summed E-state index contributed by atoms with van der Waals surface area (Å²) < 4.78 is 6.08. The number of halogens is 1. The Hall–Kier alpha value is -2.94. The van der Waals surface area contributed by atoms with Gasteiger partial charge in [-0.3, -0.25) is 15.0 Å². The predicted molar refractivity (Wildman–Crippen MR) is 143 cm³/mol. The number of nitrogens with zero attached hydrogens (tertiary/aromatic N) is 3. The van der Waals surface area contributed by atoms with Gasteiger partial charge in [-0.25, -0.2) is 4.98 Å². The minimum Gasteiger partial charge on any atom is -0.491 e. The Labute approximate surface area is 217 Å². The number of Topliss-reactive ketones (excluding diaryl/α,β-unsaturated/α-hetero) is 1. The van der Waals surface area contributed by atoms with E-state index < -0.39 is 5.97 Å². The summed E-state index contributed by atoms with van der Waals surface area (Å²) in [6, 6.07) is 7.58. The number of carbonyl (C=O) groups excluding carboxylic acids is 1. The maximum atomic E-state index is 13.4. The molecule has 2 heterocycles. The molecule has 1 aromatic carbocycles. The van der Waals surface area contributed by atoms with Gasteiger partial charge in [-0.05, 0) is 37.0 Å². The van der Waals surface area contributed by atoms with Crippen molar-refractivity contribution in [1.82, 2.24) is 9.88 Å². The molecule has 3 rings (SSSR count). The number of benzene rings is 1. The monoisotopic (exact) mass is 546 g/mol. The summed E-state index contributed by atoms with van der Waals surface area (Å²) in [5, 5.41) is 17.4. The van der Waals surface area contributed by atoms with Gasteiger partial charge >= 0.3 is 5.97 Å². The molecule has 2 N–H and O–H groups in total. The summed E-state index contributed by atoms with van der Waals surface area (Å²) >= 11 is 0. The third-order valence-electron chi connectivity index (χ3n) is 5.82. The molecular formula is C26H35BrN4O4. The molecule has 0 bridgehead atoms. The van der Waals surface area contributed by atoms with Crippen LogP contribution in [0.4, 0.5) is 5.69 Å². The lowest BCUT2D eigenvalue weighted by atomic mass is 9.84. The van der Waals surface area contributed by atoms with Gasteiger partial charge in [0.2, 0.25) is 0 Å². The Bertz CT molecular complexity index is 1130. The number of hydrogen-bond donors (Lipinski definition) is 2. The van der Waals surface area contributed by atoms with Crippen LogP contribution in [0, 0.1) is 12.3 Å². The first-order chi connectivity index (χ1) is 15.9. The Kier molecular flexibility index (Phi) is 9.06. The fourth-order valence-electron chi connectivity index (χ4n) is 3.97. The Morgan fingerprint density at radius 3 is 2.51 bits per heavy atom. The molecule has 1 aliphatic rings. The Balaban J connectivity index is 0.00000432. The predicted octanol–water partition coefficient (Wildman–Crippen LogP) is 4.60. The van der Waals surface area contributed by atoms with Crippen LogP contribution in [0.5, 0.6) is 5.75 Å². The average Bonchev–Trinajstić information content (AvgIpc) is 3.04. The quantitative estimate of drug-likeness (QED) is 0.349. The number of aromatic nitrogens is 1. The molecule has 35 heavy (non-hydrogen) atoms. The van der Waals surface area contributed by atoms with Crippen molar-refractivity contribution in [3.63, 3.8) is 0 Å². The third kappa shape index (κ3) is 6.60. The standard InChI is InChI=1S/C26H34N4O4.BrH/c1-16-9-10-17-14-30(25(27)23(17)28-16)15-21(31)18-12-19(26(2,3)4)24(20(13-18)29(5)6)34-11-7-8-22(32)33;/h9-10,12-13,27H,7-8,11,14-15H2,1-6H3,(H,32,33);1H. The normalized spacial score (nSPS) is 12.7.